The smallest absolute Gasteiger partial charge is 0.335 e. The zero-order valence-electron chi connectivity index (χ0n) is 19.4. The summed E-state index contributed by atoms with van der Waals surface area (Å²) in [5.41, 5.74) is 2.25. The highest BCUT2D eigenvalue weighted by molar-refractivity contribution is 7.98. The largest absolute Gasteiger partial charge is 0.492 e. The second kappa shape index (κ2) is 10.9. The van der Waals surface area contributed by atoms with Gasteiger partial charge in [-0.2, -0.15) is 0 Å². The first-order chi connectivity index (χ1) is 18.0. The standard InChI is InChI=1S/C27H21ClN4O4S/c28-20-10-12-21(13-11-20)36-15-14-32-22-23(29-24(32)18-6-8-19(9-7-18)26(34)35)30-27(31-25(22)33)37-16-17-4-2-1-3-5-17/h1-13H,14-16H2,(H,34,35)(H,30,31,33). The van der Waals surface area contributed by atoms with E-state index in [9.17, 15) is 14.7 Å². The van der Waals surface area contributed by atoms with Gasteiger partial charge in [-0.1, -0.05) is 65.8 Å². The first-order valence-corrected chi connectivity index (χ1v) is 12.7. The van der Waals surface area contributed by atoms with Crippen molar-refractivity contribution in [1.82, 2.24) is 19.5 Å². The van der Waals surface area contributed by atoms with E-state index in [1.165, 1.54) is 23.9 Å². The van der Waals surface area contributed by atoms with E-state index in [2.05, 4.69) is 15.0 Å². The molecule has 0 aliphatic heterocycles. The number of H-pyrrole nitrogens is 1. The van der Waals surface area contributed by atoms with Crippen molar-refractivity contribution in [1.29, 1.82) is 0 Å². The molecule has 0 unspecified atom stereocenters. The van der Waals surface area contributed by atoms with E-state index in [1.54, 1.807) is 41.0 Å². The fourth-order valence-corrected chi connectivity index (χ4v) is 4.74. The summed E-state index contributed by atoms with van der Waals surface area (Å²) in [6, 6.07) is 23.3. The van der Waals surface area contributed by atoms with Crippen molar-refractivity contribution in [3.8, 4) is 17.1 Å². The quantitative estimate of drug-likeness (QED) is 0.190. The van der Waals surface area contributed by atoms with Crippen LogP contribution in [0.1, 0.15) is 15.9 Å². The van der Waals surface area contributed by atoms with Crippen LogP contribution in [0.15, 0.2) is 88.8 Å². The number of carbonyl (C=O) groups is 1. The van der Waals surface area contributed by atoms with E-state index in [1.807, 2.05) is 30.3 Å². The van der Waals surface area contributed by atoms with E-state index in [-0.39, 0.29) is 17.7 Å². The number of hydrogen-bond acceptors (Lipinski definition) is 6. The average molecular weight is 533 g/mol. The topological polar surface area (TPSA) is 110 Å². The van der Waals surface area contributed by atoms with Gasteiger partial charge >= 0.3 is 5.97 Å². The number of hydrogen-bond donors (Lipinski definition) is 2. The molecule has 0 amide bonds. The van der Waals surface area contributed by atoms with Gasteiger partial charge in [0.05, 0.1) is 12.1 Å². The lowest BCUT2D eigenvalue weighted by Gasteiger charge is -2.11. The zero-order chi connectivity index (χ0) is 25.8. The Hall–Kier alpha value is -4.08. The summed E-state index contributed by atoms with van der Waals surface area (Å²) in [6.45, 7) is 0.577. The molecule has 0 saturated carbocycles. The molecule has 0 saturated heterocycles. The number of thioether (sulfide) groups is 1. The summed E-state index contributed by atoms with van der Waals surface area (Å²) in [5.74, 6) is 0.770. The van der Waals surface area contributed by atoms with Gasteiger partial charge in [-0.15, -0.1) is 0 Å². The molecular weight excluding hydrogens is 512 g/mol. The minimum atomic E-state index is -1.02. The van der Waals surface area contributed by atoms with Gasteiger partial charge in [-0.05, 0) is 42.0 Å². The minimum absolute atomic E-state index is 0.160. The van der Waals surface area contributed by atoms with Crippen molar-refractivity contribution < 1.29 is 14.6 Å². The summed E-state index contributed by atoms with van der Waals surface area (Å²) in [7, 11) is 0. The van der Waals surface area contributed by atoms with Crippen LogP contribution in [0, 0.1) is 0 Å². The Bertz CT molecular complexity index is 1600. The fraction of sp³-hybridized carbons (Fsp3) is 0.111. The predicted molar refractivity (Wildman–Crippen MR) is 143 cm³/mol. The second-order valence-corrected chi connectivity index (χ2v) is 9.49. The van der Waals surface area contributed by atoms with Crippen molar-refractivity contribution in [3.05, 3.63) is 105 Å². The van der Waals surface area contributed by atoms with Crippen molar-refractivity contribution >= 4 is 40.5 Å². The first kappa shape index (κ1) is 24.6. The number of ether oxygens (including phenoxy) is 1. The number of fused-ring (bicyclic) bond motifs is 1. The van der Waals surface area contributed by atoms with E-state index in [0.29, 0.717) is 50.8 Å². The molecule has 0 aliphatic rings. The van der Waals surface area contributed by atoms with Crippen molar-refractivity contribution in [3.63, 3.8) is 0 Å². The molecule has 0 fully saturated rings. The monoisotopic (exact) mass is 532 g/mol. The molecular formula is C27H21ClN4O4S. The Balaban J connectivity index is 1.48. The van der Waals surface area contributed by atoms with Crippen LogP contribution in [0.25, 0.3) is 22.6 Å². The number of aromatic nitrogens is 4. The van der Waals surface area contributed by atoms with Crippen molar-refractivity contribution in [2.24, 2.45) is 0 Å². The third-order valence-corrected chi connectivity index (χ3v) is 6.79. The molecule has 2 N–H and O–H groups in total. The summed E-state index contributed by atoms with van der Waals surface area (Å²) >= 11 is 7.37. The van der Waals surface area contributed by atoms with E-state index in [0.717, 1.165) is 5.56 Å². The zero-order valence-corrected chi connectivity index (χ0v) is 21.0. The lowest BCUT2D eigenvalue weighted by atomic mass is 10.1. The SMILES string of the molecule is O=C(O)c1ccc(-c2nc3nc(SCc4ccccc4)[nH]c(=O)c3n2CCOc2ccc(Cl)cc2)cc1. The maximum Gasteiger partial charge on any atom is 0.335 e. The molecule has 10 heteroatoms. The summed E-state index contributed by atoms with van der Waals surface area (Å²) in [5, 5.41) is 10.3. The van der Waals surface area contributed by atoms with Crippen LogP contribution in [-0.4, -0.2) is 37.2 Å². The molecule has 0 bridgehead atoms. The van der Waals surface area contributed by atoms with Gasteiger partial charge in [0, 0.05) is 16.3 Å². The highest BCUT2D eigenvalue weighted by Crippen LogP contribution is 2.25. The molecule has 5 rings (SSSR count). The van der Waals surface area contributed by atoms with Gasteiger partial charge in [0.25, 0.3) is 5.56 Å². The molecule has 0 spiro atoms. The number of benzene rings is 3. The number of aromatic carboxylic acids is 1. The summed E-state index contributed by atoms with van der Waals surface area (Å²) < 4.78 is 7.60. The highest BCUT2D eigenvalue weighted by Gasteiger charge is 2.18. The molecule has 8 nitrogen and oxygen atoms in total. The van der Waals surface area contributed by atoms with Crippen molar-refractivity contribution in [2.75, 3.05) is 6.61 Å². The number of halogens is 1. The fourth-order valence-electron chi connectivity index (χ4n) is 3.80. The van der Waals surface area contributed by atoms with Gasteiger partial charge in [-0.3, -0.25) is 9.78 Å². The Kier molecular flexibility index (Phi) is 7.25. The van der Waals surface area contributed by atoms with Crippen molar-refractivity contribution in [2.45, 2.75) is 17.5 Å². The molecule has 0 aliphatic carbocycles. The Morgan fingerprint density at radius 1 is 1.00 bits per heavy atom. The van der Waals surface area contributed by atoms with E-state index < -0.39 is 5.97 Å². The molecule has 186 valence electrons. The van der Waals surface area contributed by atoms with Gasteiger partial charge in [0.15, 0.2) is 16.3 Å². The summed E-state index contributed by atoms with van der Waals surface area (Å²) in [6.07, 6.45) is 0. The second-order valence-electron chi connectivity index (χ2n) is 8.09. The highest BCUT2D eigenvalue weighted by atomic mass is 35.5. The lowest BCUT2D eigenvalue weighted by molar-refractivity contribution is 0.0697. The number of nitrogens with one attached hydrogen (secondary N) is 1. The minimum Gasteiger partial charge on any atom is -0.492 e. The van der Waals surface area contributed by atoms with Crippen LogP contribution in [0.5, 0.6) is 5.75 Å². The molecule has 5 aromatic rings. The third-order valence-electron chi connectivity index (χ3n) is 5.60. The molecule has 3 aromatic carbocycles. The molecule has 0 radical (unpaired) electrons. The maximum atomic E-state index is 13.2. The Morgan fingerprint density at radius 2 is 1.73 bits per heavy atom. The van der Waals surface area contributed by atoms with Gasteiger partial charge in [-0.25, -0.2) is 14.8 Å². The van der Waals surface area contributed by atoms with Crippen LogP contribution in [-0.2, 0) is 12.3 Å². The van der Waals surface area contributed by atoms with Crippen LogP contribution < -0.4 is 10.3 Å². The number of carboxylic acid groups (broad SMARTS) is 1. The number of imidazole rings is 1. The van der Waals surface area contributed by atoms with Crippen LogP contribution in [0.2, 0.25) is 5.02 Å². The molecule has 2 aromatic heterocycles. The van der Waals surface area contributed by atoms with E-state index >= 15 is 0 Å². The number of nitrogens with zero attached hydrogens (tertiary/aromatic N) is 3. The molecule has 37 heavy (non-hydrogen) atoms. The van der Waals surface area contributed by atoms with Gasteiger partial charge in [0.1, 0.15) is 18.2 Å². The van der Waals surface area contributed by atoms with Crippen LogP contribution >= 0.6 is 23.4 Å². The Morgan fingerprint density at radius 3 is 2.43 bits per heavy atom. The first-order valence-electron chi connectivity index (χ1n) is 11.4. The third kappa shape index (κ3) is 5.68. The summed E-state index contributed by atoms with van der Waals surface area (Å²) in [4.78, 5) is 36.6. The average Bonchev–Trinajstić information content (AvgIpc) is 3.28. The number of aromatic amines is 1. The Labute approximate surface area is 220 Å². The molecule has 2 heterocycles. The maximum absolute atomic E-state index is 13.2. The number of carboxylic acids is 1. The van der Waals surface area contributed by atoms with E-state index in [4.69, 9.17) is 16.3 Å². The number of rotatable bonds is 9. The van der Waals surface area contributed by atoms with Gasteiger partial charge < -0.3 is 14.4 Å². The predicted octanol–water partition coefficient (Wildman–Crippen LogP) is 5.51. The normalized spacial score (nSPS) is 11.1. The molecule has 0 atom stereocenters. The lowest BCUT2D eigenvalue weighted by Crippen LogP contribution is -2.16. The van der Waals surface area contributed by atoms with Gasteiger partial charge in [0.2, 0.25) is 0 Å². The van der Waals surface area contributed by atoms with Crippen LogP contribution in [0.3, 0.4) is 0 Å². The van der Waals surface area contributed by atoms with Crippen LogP contribution in [0.4, 0.5) is 0 Å².